The summed E-state index contributed by atoms with van der Waals surface area (Å²) in [5.74, 6) is 0. The maximum Gasteiger partial charge on any atom is 0.0699 e. The van der Waals surface area contributed by atoms with Crippen LogP contribution in [-0.4, -0.2) is 20.1 Å². The zero-order valence-corrected chi connectivity index (χ0v) is 40.1. The fourth-order valence-electron chi connectivity index (χ4n) is 12.8. The van der Waals surface area contributed by atoms with Gasteiger partial charge in [0.25, 0.3) is 0 Å². The van der Waals surface area contributed by atoms with E-state index in [0.717, 1.165) is 23.5 Å². The second kappa shape index (κ2) is 15.7. The number of benzene rings is 12. The predicted octanol–water partition coefficient (Wildman–Crippen LogP) is 18.2. The smallest absolute Gasteiger partial charge is 0.0699 e. The fourth-order valence-corrected chi connectivity index (χ4v) is 12.8. The first-order valence-corrected chi connectivity index (χ1v) is 25.1. The summed E-state index contributed by atoms with van der Waals surface area (Å²) in [4.78, 5) is 9.75. The summed E-state index contributed by atoms with van der Waals surface area (Å²) in [7, 11) is 4.38. The standard InChI is InChI=1S/C68H48N4/c1-69-59-27-11-15-31-63(59)71(64-32-16-12-28-60(64)69)45-35-37-53-57(41-45)67(55-39-43-19-3-5-21-47(43)49-23-7-9-25-51(49)55)54-38-36-46(72-65-33-17-13-29-61(65)70(2)62-30-14-18-34-66(62)72)42-58(54)68(53)56-40-44-20-4-6-22-48(44)50-24-8-10-26-52(50)56/h3-41,46H,42H2,1-2H3. The second-order valence-electron chi connectivity index (χ2n) is 19.7. The average Bonchev–Trinajstić information content (AvgIpc) is 3.44. The topological polar surface area (TPSA) is 13.0 Å². The van der Waals surface area contributed by atoms with Gasteiger partial charge in [0.15, 0.2) is 0 Å². The molecule has 0 fully saturated rings. The summed E-state index contributed by atoms with van der Waals surface area (Å²) in [6, 6.07) is 83.7. The van der Waals surface area contributed by atoms with Crippen LogP contribution in [0, 0.1) is 0 Å². The third kappa shape index (κ3) is 5.87. The normalized spacial score (nSPS) is 14.7. The van der Waals surface area contributed by atoms with Gasteiger partial charge in [0.1, 0.15) is 0 Å². The molecule has 4 heteroatoms. The van der Waals surface area contributed by atoms with E-state index in [1.807, 2.05) is 0 Å². The molecule has 3 aliphatic rings. The van der Waals surface area contributed by atoms with Gasteiger partial charge in [0.05, 0.1) is 51.5 Å². The van der Waals surface area contributed by atoms with Gasteiger partial charge < -0.3 is 19.6 Å². The van der Waals surface area contributed by atoms with Gasteiger partial charge in [-0.25, -0.2) is 0 Å². The number of anilines is 9. The minimum absolute atomic E-state index is 0.0234. The van der Waals surface area contributed by atoms with Crippen LogP contribution in [-0.2, 0) is 6.42 Å². The summed E-state index contributed by atoms with van der Waals surface area (Å²) in [5, 5.41) is 12.5. The van der Waals surface area contributed by atoms with Gasteiger partial charge in [-0.05, 0) is 166 Å². The summed E-state index contributed by atoms with van der Waals surface area (Å²) in [6.45, 7) is 0. The molecular formula is C68H48N4. The van der Waals surface area contributed by atoms with E-state index in [-0.39, 0.29) is 6.04 Å². The lowest BCUT2D eigenvalue weighted by Crippen LogP contribution is -2.37. The molecule has 0 saturated heterocycles. The van der Waals surface area contributed by atoms with Crippen molar-refractivity contribution in [3.63, 3.8) is 0 Å². The van der Waals surface area contributed by atoms with Crippen LogP contribution in [0.3, 0.4) is 0 Å². The van der Waals surface area contributed by atoms with E-state index in [2.05, 4.69) is 270 Å². The Balaban J connectivity index is 1.09. The monoisotopic (exact) mass is 920 g/mol. The number of fused-ring (bicyclic) bond motifs is 12. The van der Waals surface area contributed by atoms with Crippen LogP contribution in [0.2, 0.25) is 0 Å². The minimum Gasteiger partial charge on any atom is -0.341 e. The first-order valence-electron chi connectivity index (χ1n) is 25.1. The maximum absolute atomic E-state index is 2.60. The van der Waals surface area contributed by atoms with Crippen molar-refractivity contribution in [2.45, 2.75) is 12.5 Å². The molecule has 2 aliphatic heterocycles. The minimum atomic E-state index is 0.0234. The van der Waals surface area contributed by atoms with E-state index in [0.29, 0.717) is 0 Å². The zero-order valence-electron chi connectivity index (χ0n) is 40.1. The molecule has 4 nitrogen and oxygen atoms in total. The summed E-state index contributed by atoms with van der Waals surface area (Å²) in [6.07, 6.45) is 5.79. The van der Waals surface area contributed by atoms with Crippen molar-refractivity contribution < 1.29 is 0 Å². The van der Waals surface area contributed by atoms with Gasteiger partial charge in [-0.1, -0.05) is 164 Å². The van der Waals surface area contributed by atoms with Crippen LogP contribution in [0.5, 0.6) is 0 Å². The summed E-state index contributed by atoms with van der Waals surface area (Å²) in [5.41, 5.74) is 18.3. The molecule has 2 heterocycles. The highest BCUT2D eigenvalue weighted by Crippen LogP contribution is 2.56. The third-order valence-electron chi connectivity index (χ3n) is 16.0. The molecule has 0 N–H and O–H groups in total. The van der Waals surface area contributed by atoms with Crippen LogP contribution in [0.4, 0.5) is 51.2 Å². The first-order chi connectivity index (χ1) is 35.6. The van der Waals surface area contributed by atoms with E-state index >= 15 is 0 Å². The largest absolute Gasteiger partial charge is 0.341 e. The Morgan fingerprint density at radius 2 is 0.764 bits per heavy atom. The molecule has 0 aromatic heterocycles. The molecule has 12 aromatic rings. The number of nitrogens with zero attached hydrogens (tertiary/aromatic N) is 4. The molecule has 72 heavy (non-hydrogen) atoms. The van der Waals surface area contributed by atoms with Crippen LogP contribution in [0.15, 0.2) is 231 Å². The molecule has 1 unspecified atom stereocenters. The van der Waals surface area contributed by atoms with Crippen molar-refractivity contribution in [2.24, 2.45) is 0 Å². The summed E-state index contributed by atoms with van der Waals surface area (Å²) < 4.78 is 0. The number of para-hydroxylation sites is 8. The Kier molecular flexibility index (Phi) is 8.88. The molecule has 12 aromatic carbocycles. The second-order valence-corrected chi connectivity index (χ2v) is 19.7. The van der Waals surface area contributed by atoms with E-state index in [1.165, 1.54) is 121 Å². The van der Waals surface area contributed by atoms with Gasteiger partial charge in [0.2, 0.25) is 0 Å². The van der Waals surface area contributed by atoms with E-state index < -0.39 is 0 Å². The van der Waals surface area contributed by atoms with Crippen LogP contribution in [0.1, 0.15) is 11.1 Å². The Morgan fingerprint density at radius 1 is 0.347 bits per heavy atom. The highest BCUT2D eigenvalue weighted by Gasteiger charge is 2.35. The van der Waals surface area contributed by atoms with Gasteiger partial charge >= 0.3 is 0 Å². The van der Waals surface area contributed by atoms with Crippen molar-refractivity contribution >= 4 is 111 Å². The predicted molar refractivity (Wildman–Crippen MR) is 307 cm³/mol. The fraction of sp³-hybridized carbons (Fsp3) is 0.0588. The Bertz CT molecular complexity index is 4190. The highest BCUT2D eigenvalue weighted by atomic mass is 15.3. The average molecular weight is 921 g/mol. The van der Waals surface area contributed by atoms with Crippen LogP contribution < -0.4 is 19.6 Å². The van der Waals surface area contributed by atoms with Gasteiger partial charge in [-0.15, -0.1) is 0 Å². The molecule has 0 spiro atoms. The SMILES string of the molecule is CN1c2ccccc2N(c2ccc3c(-c4cc5ccccc5c5ccccc45)c4c(c(-c5cc6ccccc6c6ccccc56)c3c2)C=CC(N2c3ccccc3N(C)c3ccccc32)C4)c2ccccc21. The van der Waals surface area contributed by atoms with Crippen molar-refractivity contribution in [1.82, 2.24) is 0 Å². The first kappa shape index (κ1) is 40.7. The molecule has 340 valence electrons. The zero-order chi connectivity index (χ0) is 47.6. The Morgan fingerprint density at radius 3 is 1.29 bits per heavy atom. The van der Waals surface area contributed by atoms with Gasteiger partial charge in [-0.2, -0.15) is 0 Å². The lowest BCUT2D eigenvalue weighted by atomic mass is 9.76. The number of rotatable bonds is 4. The molecule has 15 rings (SSSR count). The molecule has 0 bridgehead atoms. The van der Waals surface area contributed by atoms with Crippen molar-refractivity contribution in [1.29, 1.82) is 0 Å². The van der Waals surface area contributed by atoms with Gasteiger partial charge in [0, 0.05) is 19.8 Å². The van der Waals surface area contributed by atoms with Crippen molar-refractivity contribution in [3.8, 4) is 22.3 Å². The van der Waals surface area contributed by atoms with Crippen molar-refractivity contribution in [2.75, 3.05) is 33.7 Å². The third-order valence-corrected chi connectivity index (χ3v) is 16.0. The highest BCUT2D eigenvalue weighted by molar-refractivity contribution is 6.23. The Labute approximate surface area is 419 Å². The molecule has 1 aliphatic carbocycles. The molecule has 1 atom stereocenters. The van der Waals surface area contributed by atoms with E-state index in [4.69, 9.17) is 0 Å². The van der Waals surface area contributed by atoms with Crippen molar-refractivity contribution in [3.05, 3.63) is 242 Å². The molecule has 0 amide bonds. The number of hydrogen-bond acceptors (Lipinski definition) is 4. The lowest BCUT2D eigenvalue weighted by Gasteiger charge is -2.43. The van der Waals surface area contributed by atoms with Gasteiger partial charge in [-0.3, -0.25) is 0 Å². The maximum atomic E-state index is 2.60. The van der Waals surface area contributed by atoms with E-state index in [1.54, 1.807) is 0 Å². The van der Waals surface area contributed by atoms with Crippen LogP contribution in [0.25, 0.3) is 82.2 Å². The van der Waals surface area contributed by atoms with Crippen LogP contribution >= 0.6 is 0 Å². The number of hydrogen-bond donors (Lipinski definition) is 0. The molecular weight excluding hydrogens is 873 g/mol. The summed E-state index contributed by atoms with van der Waals surface area (Å²) >= 11 is 0. The van der Waals surface area contributed by atoms with E-state index in [9.17, 15) is 0 Å². The Hall–Kier alpha value is -9.12. The molecule has 0 radical (unpaired) electrons. The lowest BCUT2D eigenvalue weighted by molar-refractivity contribution is 0.763. The quantitative estimate of drug-likeness (QED) is 0.163. The molecule has 0 saturated carbocycles.